The minimum Gasteiger partial charge on any atom is -0.490 e. The van der Waals surface area contributed by atoms with E-state index >= 15 is 0 Å². The van der Waals surface area contributed by atoms with Crippen LogP contribution >= 0.6 is 0 Å². The van der Waals surface area contributed by atoms with Crippen molar-refractivity contribution in [2.45, 2.75) is 32.2 Å². The zero-order chi connectivity index (χ0) is 21.5. The standard InChI is InChI=1S/C21H24N2O5.CH5N/c1-2-3-15-9-20(25)23-13-26-6-7-27-19-10-17-14(8-16(19)11-24)4-5-22-21(17)28-12-18(15)23;1-2/h4-5,8,10-11,15,18H,2-3,6-7,9,12-13H2,1H3;2H2,1H3. The van der Waals surface area contributed by atoms with Gasteiger partial charge in [-0.05, 0) is 43.0 Å². The topological polar surface area (TPSA) is 104 Å². The fourth-order valence-electron chi connectivity index (χ4n) is 4.04. The molecule has 8 nitrogen and oxygen atoms in total. The van der Waals surface area contributed by atoms with Crippen LogP contribution < -0.4 is 15.2 Å². The van der Waals surface area contributed by atoms with Gasteiger partial charge < -0.3 is 24.8 Å². The number of hydrogen-bond donors (Lipinski definition) is 1. The molecule has 0 spiro atoms. The van der Waals surface area contributed by atoms with Gasteiger partial charge in [0.1, 0.15) is 25.7 Å². The first kappa shape index (κ1) is 22.0. The monoisotopic (exact) mass is 415 g/mol. The maximum atomic E-state index is 12.5. The predicted octanol–water partition coefficient (Wildman–Crippen LogP) is 2.38. The molecule has 2 atom stereocenters. The fourth-order valence-corrected chi connectivity index (χ4v) is 4.04. The lowest BCUT2D eigenvalue weighted by molar-refractivity contribution is -0.135. The van der Waals surface area contributed by atoms with E-state index in [1.54, 1.807) is 23.2 Å². The summed E-state index contributed by atoms with van der Waals surface area (Å²) in [6, 6.07) is 5.36. The van der Waals surface area contributed by atoms with Gasteiger partial charge in [-0.3, -0.25) is 9.59 Å². The van der Waals surface area contributed by atoms with E-state index in [0.29, 0.717) is 36.8 Å². The molecule has 4 rings (SSSR count). The molecule has 2 aromatic rings. The van der Waals surface area contributed by atoms with Gasteiger partial charge in [-0.25, -0.2) is 4.98 Å². The largest absolute Gasteiger partial charge is 0.490 e. The summed E-state index contributed by atoms with van der Waals surface area (Å²) in [4.78, 5) is 30.1. The highest BCUT2D eigenvalue weighted by molar-refractivity contribution is 5.94. The number of ether oxygens (including phenoxy) is 3. The fraction of sp³-hybridized carbons (Fsp3) is 0.500. The van der Waals surface area contributed by atoms with E-state index in [2.05, 4.69) is 17.6 Å². The maximum absolute atomic E-state index is 12.5. The minimum atomic E-state index is -0.0418. The highest BCUT2D eigenvalue weighted by atomic mass is 16.5. The van der Waals surface area contributed by atoms with Gasteiger partial charge in [0.2, 0.25) is 11.8 Å². The Morgan fingerprint density at radius 3 is 2.87 bits per heavy atom. The van der Waals surface area contributed by atoms with E-state index in [1.165, 1.54) is 7.05 Å². The number of rotatable bonds is 3. The predicted molar refractivity (Wildman–Crippen MR) is 113 cm³/mol. The Morgan fingerprint density at radius 2 is 2.10 bits per heavy atom. The van der Waals surface area contributed by atoms with Crippen LogP contribution in [0.2, 0.25) is 0 Å². The van der Waals surface area contributed by atoms with Gasteiger partial charge in [-0.15, -0.1) is 0 Å². The van der Waals surface area contributed by atoms with E-state index in [4.69, 9.17) is 14.2 Å². The molecular formula is C22H29N3O5. The molecule has 0 radical (unpaired) electrons. The summed E-state index contributed by atoms with van der Waals surface area (Å²) in [5.41, 5.74) is 4.97. The molecule has 162 valence electrons. The second-order valence-electron chi connectivity index (χ2n) is 7.23. The quantitative estimate of drug-likeness (QED) is 0.768. The zero-order valence-corrected chi connectivity index (χ0v) is 17.5. The highest BCUT2D eigenvalue weighted by Crippen LogP contribution is 2.33. The van der Waals surface area contributed by atoms with Crippen LogP contribution in [0.3, 0.4) is 0 Å². The third kappa shape index (κ3) is 4.55. The Bertz CT molecular complexity index is 888. The number of carbonyl (C=O) groups excluding carboxylic acids is 2. The summed E-state index contributed by atoms with van der Waals surface area (Å²) in [6.07, 6.45) is 4.95. The smallest absolute Gasteiger partial charge is 0.225 e. The molecule has 2 aliphatic rings. The van der Waals surface area contributed by atoms with Crippen LogP contribution in [0.25, 0.3) is 10.8 Å². The first-order chi connectivity index (χ1) is 14.7. The van der Waals surface area contributed by atoms with Gasteiger partial charge in [0.05, 0.1) is 18.2 Å². The van der Waals surface area contributed by atoms with E-state index in [0.717, 1.165) is 29.9 Å². The summed E-state index contributed by atoms with van der Waals surface area (Å²) in [6.45, 7) is 3.31. The van der Waals surface area contributed by atoms with Gasteiger partial charge in [0.15, 0.2) is 6.29 Å². The molecule has 8 heteroatoms. The van der Waals surface area contributed by atoms with Crippen LogP contribution in [-0.2, 0) is 9.53 Å². The first-order valence-corrected chi connectivity index (χ1v) is 10.3. The van der Waals surface area contributed by atoms with Crippen LogP contribution in [0.5, 0.6) is 11.6 Å². The van der Waals surface area contributed by atoms with Crippen molar-refractivity contribution in [3.63, 3.8) is 0 Å². The molecule has 1 fully saturated rings. The number of amides is 1. The van der Waals surface area contributed by atoms with Gasteiger partial charge >= 0.3 is 0 Å². The van der Waals surface area contributed by atoms with Crippen molar-refractivity contribution in [1.82, 2.24) is 9.88 Å². The Balaban J connectivity index is 0.00000124. The van der Waals surface area contributed by atoms with Crippen LogP contribution in [0.1, 0.15) is 36.5 Å². The molecule has 2 aliphatic heterocycles. The molecular weight excluding hydrogens is 386 g/mol. The Labute approximate surface area is 176 Å². The van der Waals surface area contributed by atoms with Crippen molar-refractivity contribution in [3.8, 4) is 11.6 Å². The summed E-state index contributed by atoms with van der Waals surface area (Å²) < 4.78 is 17.5. The number of hydrogen-bond acceptors (Lipinski definition) is 7. The highest BCUT2D eigenvalue weighted by Gasteiger charge is 2.39. The number of aldehydes is 1. The van der Waals surface area contributed by atoms with E-state index in [-0.39, 0.29) is 31.2 Å². The molecule has 1 aromatic heterocycles. The number of nitrogens with zero attached hydrogens (tertiary/aromatic N) is 2. The zero-order valence-electron chi connectivity index (χ0n) is 17.5. The van der Waals surface area contributed by atoms with Crippen LogP contribution in [0.15, 0.2) is 24.4 Å². The summed E-state index contributed by atoms with van der Waals surface area (Å²) >= 11 is 0. The molecule has 2 N–H and O–H groups in total. The van der Waals surface area contributed by atoms with Gasteiger partial charge in [0.25, 0.3) is 0 Å². The van der Waals surface area contributed by atoms with Gasteiger partial charge in [0, 0.05) is 18.0 Å². The SMILES string of the molecule is CCCC1CC(=O)N2COCCOc3cc4c(nccc4cc3C=O)OCC12.CN. The van der Waals surface area contributed by atoms with Crippen molar-refractivity contribution in [2.24, 2.45) is 11.7 Å². The Morgan fingerprint density at radius 1 is 1.27 bits per heavy atom. The average Bonchev–Trinajstić information content (AvgIpc) is 3.07. The van der Waals surface area contributed by atoms with Crippen LogP contribution in [0, 0.1) is 5.92 Å². The van der Waals surface area contributed by atoms with Gasteiger partial charge in [-0.1, -0.05) is 13.3 Å². The number of aromatic nitrogens is 1. The average molecular weight is 415 g/mol. The lowest BCUT2D eigenvalue weighted by Crippen LogP contribution is -2.41. The normalized spacial score (nSPS) is 21.3. The second-order valence-corrected chi connectivity index (χ2v) is 7.23. The number of benzene rings is 1. The number of fused-ring (bicyclic) bond motifs is 2. The number of pyridine rings is 1. The van der Waals surface area contributed by atoms with E-state index in [1.807, 2.05) is 6.07 Å². The second kappa shape index (κ2) is 10.4. The minimum absolute atomic E-state index is 0.0418. The van der Waals surface area contributed by atoms with Crippen LogP contribution in [0.4, 0.5) is 0 Å². The van der Waals surface area contributed by atoms with Crippen molar-refractivity contribution in [3.05, 3.63) is 30.0 Å². The first-order valence-electron chi connectivity index (χ1n) is 10.3. The summed E-state index contributed by atoms with van der Waals surface area (Å²) in [7, 11) is 1.50. The molecule has 1 saturated heterocycles. The molecule has 2 bridgehead atoms. The molecule has 1 amide bonds. The Hall–Kier alpha value is -2.71. The number of carbonyl (C=O) groups is 2. The molecule has 0 saturated carbocycles. The lowest BCUT2D eigenvalue weighted by atomic mass is 9.96. The van der Waals surface area contributed by atoms with Gasteiger partial charge in [-0.2, -0.15) is 0 Å². The van der Waals surface area contributed by atoms with Crippen LogP contribution in [-0.4, -0.2) is 61.7 Å². The summed E-state index contributed by atoms with van der Waals surface area (Å²) in [5.74, 6) is 1.30. The van der Waals surface area contributed by atoms with Crippen molar-refractivity contribution < 1.29 is 23.8 Å². The van der Waals surface area contributed by atoms with Crippen molar-refractivity contribution in [2.75, 3.05) is 33.6 Å². The molecule has 3 heterocycles. The number of nitrogens with two attached hydrogens (primary N) is 1. The molecule has 0 aliphatic carbocycles. The summed E-state index contributed by atoms with van der Waals surface area (Å²) in [5, 5.41) is 1.64. The maximum Gasteiger partial charge on any atom is 0.225 e. The lowest BCUT2D eigenvalue weighted by Gasteiger charge is -2.27. The van der Waals surface area contributed by atoms with Crippen molar-refractivity contribution >= 4 is 23.0 Å². The molecule has 1 aromatic carbocycles. The van der Waals surface area contributed by atoms with Crippen molar-refractivity contribution in [1.29, 1.82) is 0 Å². The molecule has 2 unspecified atom stereocenters. The third-order valence-electron chi connectivity index (χ3n) is 5.45. The third-order valence-corrected chi connectivity index (χ3v) is 5.45. The molecule has 30 heavy (non-hydrogen) atoms. The van der Waals surface area contributed by atoms with E-state index in [9.17, 15) is 9.59 Å². The van der Waals surface area contributed by atoms with E-state index < -0.39 is 0 Å². The Kier molecular flexibility index (Phi) is 7.59.